The van der Waals surface area contributed by atoms with Crippen LogP contribution >= 0.6 is 11.6 Å². The zero-order valence-electron chi connectivity index (χ0n) is 21.0. The van der Waals surface area contributed by atoms with E-state index in [-0.39, 0.29) is 0 Å². The van der Waals surface area contributed by atoms with Gasteiger partial charge in [0.2, 0.25) is 0 Å². The van der Waals surface area contributed by atoms with E-state index in [4.69, 9.17) is 31.3 Å². The van der Waals surface area contributed by atoms with Crippen LogP contribution in [0.25, 0.3) is 16.9 Å². The van der Waals surface area contributed by atoms with Crippen LogP contribution in [0.15, 0.2) is 60.9 Å². The highest BCUT2D eigenvalue weighted by Crippen LogP contribution is 2.38. The molecule has 0 amide bonds. The van der Waals surface area contributed by atoms with Gasteiger partial charge < -0.3 is 24.5 Å². The first-order valence-corrected chi connectivity index (χ1v) is 12.8. The van der Waals surface area contributed by atoms with Crippen LogP contribution in [0.5, 0.6) is 11.5 Å². The van der Waals surface area contributed by atoms with Gasteiger partial charge in [0.1, 0.15) is 17.1 Å². The molecule has 2 aromatic carbocycles. The fraction of sp³-hybridized carbons (Fsp3) is 0.310. The molecular formula is C29H30ClN5O2. The van der Waals surface area contributed by atoms with E-state index in [0.29, 0.717) is 34.2 Å². The maximum absolute atomic E-state index is 8.95. The fourth-order valence-corrected chi connectivity index (χ4v) is 5.14. The minimum absolute atomic E-state index is 0.435. The molecule has 0 bridgehead atoms. The number of nitrogens with one attached hydrogen (secondary N) is 2. The summed E-state index contributed by atoms with van der Waals surface area (Å²) in [5.41, 5.74) is 5.43. The number of pyridine rings is 1. The molecule has 7 nitrogen and oxygen atoms in total. The van der Waals surface area contributed by atoms with Gasteiger partial charge in [0, 0.05) is 54.4 Å². The zero-order chi connectivity index (χ0) is 25.8. The lowest BCUT2D eigenvalue weighted by atomic mass is 9.91. The van der Waals surface area contributed by atoms with Gasteiger partial charge in [-0.25, -0.2) is 4.98 Å². The summed E-state index contributed by atoms with van der Waals surface area (Å²) in [6.07, 6.45) is 8.47. The van der Waals surface area contributed by atoms with Crippen molar-refractivity contribution in [2.75, 3.05) is 19.5 Å². The quantitative estimate of drug-likeness (QED) is 0.297. The van der Waals surface area contributed by atoms with E-state index >= 15 is 0 Å². The second-order valence-electron chi connectivity index (χ2n) is 9.38. The lowest BCUT2D eigenvalue weighted by Crippen LogP contribution is -2.36. The SMILES string of the molecule is COc1cc(OC)c(-c2cn3ccc(NC4CCC(NCc5ccc(C#N)cc5)CC4)cc3n2)cc1Cl. The Balaban J connectivity index is 1.20. The van der Waals surface area contributed by atoms with E-state index < -0.39 is 0 Å². The summed E-state index contributed by atoms with van der Waals surface area (Å²) < 4.78 is 12.9. The molecule has 190 valence electrons. The van der Waals surface area contributed by atoms with Gasteiger partial charge in [-0.1, -0.05) is 23.7 Å². The van der Waals surface area contributed by atoms with Crippen LogP contribution in [0, 0.1) is 11.3 Å². The topological polar surface area (TPSA) is 83.6 Å². The second-order valence-corrected chi connectivity index (χ2v) is 9.78. The molecule has 8 heteroatoms. The third-order valence-electron chi connectivity index (χ3n) is 6.99. The third-order valence-corrected chi connectivity index (χ3v) is 7.28. The number of fused-ring (bicyclic) bond motifs is 1. The number of halogens is 1. The van der Waals surface area contributed by atoms with E-state index in [1.165, 1.54) is 5.56 Å². The Morgan fingerprint density at radius 1 is 1.00 bits per heavy atom. The van der Waals surface area contributed by atoms with Crippen molar-refractivity contribution in [3.05, 3.63) is 77.1 Å². The Morgan fingerprint density at radius 2 is 1.73 bits per heavy atom. The smallest absolute Gasteiger partial charge is 0.141 e. The first kappa shape index (κ1) is 24.9. The van der Waals surface area contributed by atoms with Crippen LogP contribution in [0.4, 0.5) is 5.69 Å². The summed E-state index contributed by atoms with van der Waals surface area (Å²) >= 11 is 6.37. The second kappa shape index (κ2) is 11.1. The molecule has 1 aliphatic rings. The Morgan fingerprint density at radius 3 is 2.43 bits per heavy atom. The van der Waals surface area contributed by atoms with Crippen LogP contribution in [0.3, 0.4) is 0 Å². The Bertz CT molecular complexity index is 1420. The minimum atomic E-state index is 0.435. The highest BCUT2D eigenvalue weighted by molar-refractivity contribution is 6.32. The molecule has 2 heterocycles. The van der Waals surface area contributed by atoms with Gasteiger partial charge in [0.05, 0.1) is 36.6 Å². The zero-order valence-corrected chi connectivity index (χ0v) is 21.8. The fourth-order valence-electron chi connectivity index (χ4n) is 4.90. The highest BCUT2D eigenvalue weighted by Gasteiger charge is 2.21. The number of hydrogen-bond donors (Lipinski definition) is 2. The average molecular weight is 516 g/mol. The summed E-state index contributed by atoms with van der Waals surface area (Å²) in [6.45, 7) is 0.831. The Labute approximate surface area is 222 Å². The molecule has 2 N–H and O–H groups in total. The molecule has 1 fully saturated rings. The molecule has 0 unspecified atom stereocenters. The number of methoxy groups -OCH3 is 2. The molecule has 1 aliphatic carbocycles. The molecule has 0 saturated heterocycles. The van der Waals surface area contributed by atoms with Crippen LogP contribution in [0.2, 0.25) is 5.02 Å². The summed E-state index contributed by atoms with van der Waals surface area (Å²) in [5, 5.41) is 16.8. The summed E-state index contributed by atoms with van der Waals surface area (Å²) in [6, 6.07) is 18.7. The van der Waals surface area contributed by atoms with Crippen molar-refractivity contribution in [1.29, 1.82) is 5.26 Å². The number of benzene rings is 2. The Hall–Kier alpha value is -3.73. The summed E-state index contributed by atoms with van der Waals surface area (Å²) in [5.74, 6) is 1.23. The predicted octanol–water partition coefficient (Wildman–Crippen LogP) is 6.06. The standard InChI is InChI=1S/C29H30ClN5O2/c1-36-27-15-28(37-2)25(30)14-24(27)26-18-35-12-11-23(13-29(35)34-26)33-22-9-7-21(8-10-22)32-17-20-5-3-19(16-31)4-6-20/h3-6,11-15,18,21-22,32-33H,7-10,17H2,1-2H3. The van der Waals surface area contributed by atoms with Crippen molar-refractivity contribution in [2.45, 2.75) is 44.3 Å². The van der Waals surface area contributed by atoms with Gasteiger partial charge in [-0.3, -0.25) is 0 Å². The lowest BCUT2D eigenvalue weighted by molar-refractivity contribution is 0.353. The predicted molar refractivity (Wildman–Crippen MR) is 146 cm³/mol. The van der Waals surface area contributed by atoms with Crippen molar-refractivity contribution in [2.24, 2.45) is 0 Å². The molecule has 2 aromatic heterocycles. The number of hydrogen-bond acceptors (Lipinski definition) is 6. The van der Waals surface area contributed by atoms with Crippen molar-refractivity contribution >= 4 is 22.9 Å². The maximum atomic E-state index is 8.95. The first-order chi connectivity index (χ1) is 18.1. The number of anilines is 1. The van der Waals surface area contributed by atoms with Gasteiger partial charge in [0.15, 0.2) is 0 Å². The van der Waals surface area contributed by atoms with Crippen LogP contribution < -0.4 is 20.1 Å². The van der Waals surface area contributed by atoms with Crippen LogP contribution in [-0.4, -0.2) is 35.7 Å². The first-order valence-electron chi connectivity index (χ1n) is 12.5. The number of rotatable bonds is 8. The minimum Gasteiger partial charge on any atom is -0.496 e. The number of nitriles is 1. The molecular weight excluding hydrogens is 486 g/mol. The number of imidazole rings is 1. The van der Waals surface area contributed by atoms with Gasteiger partial charge in [-0.05, 0) is 55.5 Å². The third kappa shape index (κ3) is 5.66. The molecule has 0 atom stereocenters. The van der Waals surface area contributed by atoms with Crippen molar-refractivity contribution < 1.29 is 9.47 Å². The largest absolute Gasteiger partial charge is 0.496 e. The molecule has 5 rings (SSSR count). The monoisotopic (exact) mass is 515 g/mol. The molecule has 0 aliphatic heterocycles. The van der Waals surface area contributed by atoms with E-state index in [1.54, 1.807) is 20.3 Å². The van der Waals surface area contributed by atoms with Crippen molar-refractivity contribution in [3.8, 4) is 28.8 Å². The van der Waals surface area contributed by atoms with Gasteiger partial charge in [0.25, 0.3) is 0 Å². The number of nitrogens with zero attached hydrogens (tertiary/aromatic N) is 3. The molecule has 37 heavy (non-hydrogen) atoms. The Kier molecular flexibility index (Phi) is 7.50. The van der Waals surface area contributed by atoms with Gasteiger partial charge in [-0.15, -0.1) is 0 Å². The average Bonchev–Trinajstić information content (AvgIpc) is 3.36. The summed E-state index contributed by atoms with van der Waals surface area (Å²) in [7, 11) is 3.21. The van der Waals surface area contributed by atoms with E-state index in [0.717, 1.165) is 54.8 Å². The highest BCUT2D eigenvalue weighted by atomic mass is 35.5. The van der Waals surface area contributed by atoms with Gasteiger partial charge >= 0.3 is 0 Å². The molecule has 1 saturated carbocycles. The van der Waals surface area contributed by atoms with E-state index in [9.17, 15) is 0 Å². The molecule has 4 aromatic rings. The van der Waals surface area contributed by atoms with Crippen molar-refractivity contribution in [3.63, 3.8) is 0 Å². The molecule has 0 spiro atoms. The normalized spacial score (nSPS) is 17.4. The van der Waals surface area contributed by atoms with Crippen LogP contribution in [0.1, 0.15) is 36.8 Å². The summed E-state index contributed by atoms with van der Waals surface area (Å²) in [4.78, 5) is 4.83. The maximum Gasteiger partial charge on any atom is 0.141 e. The molecule has 0 radical (unpaired) electrons. The van der Waals surface area contributed by atoms with E-state index in [2.05, 4.69) is 28.8 Å². The lowest BCUT2D eigenvalue weighted by Gasteiger charge is -2.30. The van der Waals surface area contributed by atoms with Crippen molar-refractivity contribution in [1.82, 2.24) is 14.7 Å². The van der Waals surface area contributed by atoms with E-state index in [1.807, 2.05) is 47.1 Å². The number of aromatic nitrogens is 2. The van der Waals surface area contributed by atoms with Gasteiger partial charge in [-0.2, -0.15) is 5.26 Å². The number of ether oxygens (including phenoxy) is 2. The van der Waals surface area contributed by atoms with Crippen LogP contribution in [-0.2, 0) is 6.54 Å².